The van der Waals surface area contributed by atoms with E-state index in [1.165, 1.54) is 29.8 Å². The van der Waals surface area contributed by atoms with Crippen molar-refractivity contribution >= 4 is 27.9 Å². The molecule has 5 heteroatoms. The van der Waals surface area contributed by atoms with Crippen LogP contribution in [0.3, 0.4) is 0 Å². The molecule has 0 fully saturated rings. The molecule has 72 valence electrons. The van der Waals surface area contributed by atoms with Gasteiger partial charge in [-0.2, -0.15) is 0 Å². The number of aliphatic hydroxyl groups is 1. The third-order valence-electron chi connectivity index (χ3n) is 1.37. The summed E-state index contributed by atoms with van der Waals surface area (Å²) >= 11 is 3.01. The largest absolute Gasteiger partial charge is 0.464 e. The third kappa shape index (κ3) is 3.10. The van der Waals surface area contributed by atoms with Crippen LogP contribution >= 0.6 is 23.5 Å². The maximum absolute atomic E-state index is 9.53. The van der Waals surface area contributed by atoms with Crippen LogP contribution in [0.25, 0.3) is 0 Å². The van der Waals surface area contributed by atoms with E-state index < -0.39 is 6.23 Å². The van der Waals surface area contributed by atoms with Crippen LogP contribution in [-0.4, -0.2) is 22.0 Å². The molecule has 0 aliphatic carbocycles. The van der Waals surface area contributed by atoms with Gasteiger partial charge in [-0.25, -0.2) is 4.99 Å². The van der Waals surface area contributed by atoms with Crippen LogP contribution in [0.1, 0.15) is 12.0 Å². The summed E-state index contributed by atoms with van der Waals surface area (Å²) in [6, 6.07) is 3.43. The van der Waals surface area contributed by atoms with E-state index in [0.717, 1.165) is 4.38 Å². The molecule has 0 bridgehead atoms. The summed E-state index contributed by atoms with van der Waals surface area (Å²) in [5, 5.41) is 9.53. The fraction of sp³-hybridized carbons (Fsp3) is 0.375. The average molecular weight is 217 g/mol. The van der Waals surface area contributed by atoms with Crippen molar-refractivity contribution in [2.75, 3.05) is 12.5 Å². The molecule has 0 saturated heterocycles. The quantitative estimate of drug-likeness (QED) is 0.610. The molecule has 0 radical (unpaired) electrons. The maximum Gasteiger partial charge on any atom is 0.206 e. The van der Waals surface area contributed by atoms with Gasteiger partial charge in [0.25, 0.3) is 0 Å². The average Bonchev–Trinajstić information content (AvgIpc) is 2.66. The second-order valence-electron chi connectivity index (χ2n) is 2.19. The zero-order valence-corrected chi connectivity index (χ0v) is 9.06. The molecule has 1 aromatic heterocycles. The van der Waals surface area contributed by atoms with Crippen LogP contribution in [0.5, 0.6) is 0 Å². The van der Waals surface area contributed by atoms with Crippen molar-refractivity contribution in [2.24, 2.45) is 4.99 Å². The monoisotopic (exact) mass is 217 g/mol. The predicted octanol–water partition coefficient (Wildman–Crippen LogP) is 2.35. The van der Waals surface area contributed by atoms with Crippen molar-refractivity contribution in [3.8, 4) is 0 Å². The van der Waals surface area contributed by atoms with E-state index >= 15 is 0 Å². The summed E-state index contributed by atoms with van der Waals surface area (Å²) in [5.41, 5.74) is 0. The molecule has 0 aliphatic heterocycles. The SMILES string of the molecule is CSC(=NC(O)c1ccco1)SC. The van der Waals surface area contributed by atoms with E-state index in [1.807, 2.05) is 12.5 Å². The van der Waals surface area contributed by atoms with E-state index in [2.05, 4.69) is 4.99 Å². The summed E-state index contributed by atoms with van der Waals surface area (Å²) in [6.07, 6.45) is 4.48. The molecule has 13 heavy (non-hydrogen) atoms. The van der Waals surface area contributed by atoms with E-state index in [-0.39, 0.29) is 0 Å². The van der Waals surface area contributed by atoms with Gasteiger partial charge in [0.05, 0.1) is 6.26 Å². The first kappa shape index (κ1) is 10.7. The van der Waals surface area contributed by atoms with Gasteiger partial charge in [-0.05, 0) is 24.6 Å². The molecule has 0 aromatic carbocycles. The lowest BCUT2D eigenvalue weighted by molar-refractivity contribution is 0.160. The van der Waals surface area contributed by atoms with Gasteiger partial charge < -0.3 is 9.52 Å². The zero-order valence-electron chi connectivity index (χ0n) is 7.43. The Balaban J connectivity index is 2.68. The molecule has 0 spiro atoms. The molecule has 1 N–H and O–H groups in total. The number of thioether (sulfide) groups is 2. The lowest BCUT2D eigenvalue weighted by Gasteiger charge is -2.03. The van der Waals surface area contributed by atoms with Gasteiger partial charge in [0.1, 0.15) is 4.38 Å². The number of aliphatic hydroxyl groups excluding tert-OH is 1. The van der Waals surface area contributed by atoms with Gasteiger partial charge in [-0.15, -0.1) is 23.5 Å². The first-order valence-corrected chi connectivity index (χ1v) is 6.10. The Hall–Kier alpha value is -0.390. The molecule has 0 aliphatic rings. The van der Waals surface area contributed by atoms with Crippen molar-refractivity contribution in [1.29, 1.82) is 0 Å². The van der Waals surface area contributed by atoms with Gasteiger partial charge in [0.15, 0.2) is 5.76 Å². The summed E-state index contributed by atoms with van der Waals surface area (Å²) in [4.78, 5) is 4.06. The van der Waals surface area contributed by atoms with Crippen molar-refractivity contribution in [1.82, 2.24) is 0 Å². The highest BCUT2D eigenvalue weighted by molar-refractivity contribution is 8.38. The van der Waals surface area contributed by atoms with E-state index in [9.17, 15) is 5.11 Å². The number of hydrogen-bond donors (Lipinski definition) is 1. The second-order valence-corrected chi connectivity index (χ2v) is 4.04. The van der Waals surface area contributed by atoms with Crippen LogP contribution in [0.15, 0.2) is 27.8 Å². The molecule has 1 rings (SSSR count). The topological polar surface area (TPSA) is 45.7 Å². The number of hydrogen-bond acceptors (Lipinski definition) is 5. The fourth-order valence-corrected chi connectivity index (χ4v) is 1.87. The normalized spacial score (nSPS) is 12.5. The van der Waals surface area contributed by atoms with E-state index in [1.54, 1.807) is 12.1 Å². The Bertz CT molecular complexity index is 266. The number of aliphatic imine (C=N–C) groups is 1. The Kier molecular flexibility index (Phi) is 4.41. The lowest BCUT2D eigenvalue weighted by atomic mass is 10.4. The second kappa shape index (κ2) is 5.36. The van der Waals surface area contributed by atoms with Gasteiger partial charge in [-0.1, -0.05) is 0 Å². The van der Waals surface area contributed by atoms with Gasteiger partial charge >= 0.3 is 0 Å². The predicted molar refractivity (Wildman–Crippen MR) is 58.1 cm³/mol. The fourth-order valence-electron chi connectivity index (χ4n) is 0.790. The van der Waals surface area contributed by atoms with Crippen molar-refractivity contribution in [3.63, 3.8) is 0 Å². The van der Waals surface area contributed by atoms with Crippen molar-refractivity contribution < 1.29 is 9.52 Å². The third-order valence-corrected chi connectivity index (χ3v) is 3.28. The van der Waals surface area contributed by atoms with Crippen LogP contribution in [0, 0.1) is 0 Å². The Morgan fingerprint density at radius 2 is 2.23 bits per heavy atom. The molecule has 0 saturated carbocycles. The highest BCUT2D eigenvalue weighted by Crippen LogP contribution is 2.19. The Morgan fingerprint density at radius 3 is 2.69 bits per heavy atom. The molecular weight excluding hydrogens is 206 g/mol. The van der Waals surface area contributed by atoms with Crippen LogP contribution < -0.4 is 0 Å². The number of rotatable bonds is 2. The summed E-state index contributed by atoms with van der Waals surface area (Å²) in [7, 11) is 0. The molecule has 1 unspecified atom stereocenters. The van der Waals surface area contributed by atoms with Crippen molar-refractivity contribution in [3.05, 3.63) is 24.2 Å². The highest BCUT2D eigenvalue weighted by Gasteiger charge is 2.08. The standard InChI is InChI=1S/C8H11NO2S2/c1-12-8(13-2)9-7(10)6-4-3-5-11-6/h3-5,7,10H,1-2H3. The minimum absolute atomic E-state index is 0.473. The molecule has 1 atom stereocenters. The van der Waals surface area contributed by atoms with Crippen LogP contribution in [0.2, 0.25) is 0 Å². The maximum atomic E-state index is 9.53. The van der Waals surface area contributed by atoms with E-state index in [0.29, 0.717) is 5.76 Å². The molecule has 3 nitrogen and oxygen atoms in total. The Morgan fingerprint density at radius 1 is 1.54 bits per heavy atom. The molecule has 1 heterocycles. The molecule has 1 aromatic rings. The smallest absolute Gasteiger partial charge is 0.206 e. The molecule has 0 amide bonds. The first-order chi connectivity index (χ1) is 6.27. The van der Waals surface area contributed by atoms with E-state index in [4.69, 9.17) is 4.42 Å². The number of nitrogens with zero attached hydrogens (tertiary/aromatic N) is 1. The minimum atomic E-state index is -0.884. The zero-order chi connectivity index (χ0) is 9.68. The van der Waals surface area contributed by atoms with Crippen LogP contribution in [-0.2, 0) is 0 Å². The summed E-state index contributed by atoms with van der Waals surface area (Å²) < 4.78 is 5.85. The Labute approximate surface area is 85.6 Å². The van der Waals surface area contributed by atoms with Gasteiger partial charge in [0.2, 0.25) is 6.23 Å². The van der Waals surface area contributed by atoms with Gasteiger partial charge in [-0.3, -0.25) is 0 Å². The van der Waals surface area contributed by atoms with Crippen molar-refractivity contribution in [2.45, 2.75) is 6.23 Å². The molecular formula is C8H11NO2S2. The highest BCUT2D eigenvalue weighted by atomic mass is 32.2. The summed E-state index contributed by atoms with van der Waals surface area (Å²) in [5.74, 6) is 0.473. The van der Waals surface area contributed by atoms with Crippen LogP contribution in [0.4, 0.5) is 0 Å². The van der Waals surface area contributed by atoms with Gasteiger partial charge in [0, 0.05) is 0 Å². The minimum Gasteiger partial charge on any atom is -0.464 e. The first-order valence-electron chi connectivity index (χ1n) is 3.65. The number of furan rings is 1. The lowest BCUT2D eigenvalue weighted by Crippen LogP contribution is -1.94. The summed E-state index contributed by atoms with van der Waals surface area (Å²) in [6.45, 7) is 0.